The molecule has 0 bridgehead atoms. The molecule has 244 valence electrons. The molecule has 1 aromatic heterocycles. The van der Waals surface area contributed by atoms with Crippen LogP contribution in [0.3, 0.4) is 0 Å². The van der Waals surface area contributed by atoms with Crippen LogP contribution in [-0.2, 0) is 0 Å². The van der Waals surface area contributed by atoms with Crippen molar-refractivity contribution in [2.45, 2.75) is 56.8 Å². The van der Waals surface area contributed by atoms with Gasteiger partial charge in [-0.2, -0.15) is 18.3 Å². The summed E-state index contributed by atoms with van der Waals surface area (Å²) in [7, 11) is 0. The Balaban J connectivity index is 1.13. The number of allylic oxidation sites excluding steroid dienone is 2. The fraction of sp³-hybridized carbons (Fsp3) is 0.562. The number of piperazine rings is 1. The molecule has 2 aromatic rings. The lowest BCUT2D eigenvalue weighted by atomic mass is 9.85. The van der Waals surface area contributed by atoms with Crippen LogP contribution >= 0.6 is 11.6 Å². The normalized spacial score (nSPS) is 28.0. The average Bonchev–Trinajstić information content (AvgIpc) is 3.64. The maximum atomic E-state index is 13.9. The third-order valence-electron chi connectivity index (χ3n) is 9.91. The van der Waals surface area contributed by atoms with Crippen molar-refractivity contribution in [2.24, 2.45) is 11.8 Å². The smallest absolute Gasteiger partial charge is 0.392 e. The highest BCUT2D eigenvalue weighted by Crippen LogP contribution is 2.50. The van der Waals surface area contributed by atoms with E-state index in [-0.39, 0.29) is 17.9 Å². The summed E-state index contributed by atoms with van der Waals surface area (Å²) in [5, 5.41) is 14.0. The summed E-state index contributed by atoms with van der Waals surface area (Å²) < 4.78 is 67.9. The fourth-order valence-electron chi connectivity index (χ4n) is 7.21. The maximum absolute atomic E-state index is 13.9. The molecule has 1 aromatic carbocycles. The minimum atomic E-state index is -4.08. The predicted octanol–water partition coefficient (Wildman–Crippen LogP) is 6.93. The number of carbonyl (C=O) groups is 1. The lowest BCUT2D eigenvalue weighted by Crippen LogP contribution is -2.55. The molecule has 2 aliphatic heterocycles. The predicted molar refractivity (Wildman–Crippen MR) is 162 cm³/mol. The number of hydrogen-bond donors (Lipinski definition) is 1. The number of rotatable bonds is 8. The van der Waals surface area contributed by atoms with E-state index in [9.17, 15) is 31.9 Å². The van der Waals surface area contributed by atoms with Crippen molar-refractivity contribution < 1.29 is 31.9 Å². The van der Waals surface area contributed by atoms with Crippen molar-refractivity contribution in [3.63, 3.8) is 0 Å². The number of carboxylic acid groups (broad SMARTS) is 1. The Hall–Kier alpha value is -2.96. The number of piperidine rings is 1. The summed E-state index contributed by atoms with van der Waals surface area (Å²) >= 11 is 6.45. The van der Waals surface area contributed by atoms with Crippen LogP contribution in [-0.4, -0.2) is 88.2 Å². The topological polar surface area (TPSA) is 64.8 Å². The van der Waals surface area contributed by atoms with Crippen molar-refractivity contribution >= 4 is 28.8 Å². The molecule has 0 spiro atoms. The summed E-state index contributed by atoms with van der Waals surface area (Å²) in [4.78, 5) is 18.2. The van der Waals surface area contributed by atoms with E-state index in [1.165, 1.54) is 4.68 Å². The Morgan fingerprint density at radius 3 is 2.56 bits per heavy atom. The lowest BCUT2D eigenvalue weighted by Gasteiger charge is -2.45. The third-order valence-corrected chi connectivity index (χ3v) is 10.1. The van der Waals surface area contributed by atoms with Crippen molar-refractivity contribution in [2.75, 3.05) is 50.7 Å². The average molecular weight is 654 g/mol. The number of aromatic nitrogens is 2. The van der Waals surface area contributed by atoms with E-state index in [0.717, 1.165) is 55.6 Å². The molecular weight excluding hydrogens is 617 g/mol. The minimum Gasteiger partial charge on any atom is -0.478 e. The van der Waals surface area contributed by atoms with Crippen molar-refractivity contribution in [1.29, 1.82) is 0 Å². The van der Waals surface area contributed by atoms with Crippen LogP contribution in [0, 0.1) is 11.8 Å². The molecule has 3 heterocycles. The van der Waals surface area contributed by atoms with Crippen LogP contribution in [0.25, 0.3) is 5.57 Å². The van der Waals surface area contributed by atoms with Gasteiger partial charge >= 0.3 is 12.1 Å². The van der Waals surface area contributed by atoms with E-state index >= 15 is 0 Å². The van der Waals surface area contributed by atoms with Gasteiger partial charge in [-0.05, 0) is 56.2 Å². The largest absolute Gasteiger partial charge is 0.478 e. The maximum Gasteiger partial charge on any atom is 0.392 e. The van der Waals surface area contributed by atoms with Crippen LogP contribution in [0.4, 0.5) is 27.6 Å². The molecule has 2 aliphatic carbocycles. The molecule has 2 saturated heterocycles. The van der Waals surface area contributed by atoms with E-state index in [1.807, 2.05) is 18.2 Å². The summed E-state index contributed by atoms with van der Waals surface area (Å²) in [5.74, 6) is -2.84. The molecule has 4 atom stereocenters. The Morgan fingerprint density at radius 1 is 1.18 bits per heavy atom. The molecule has 1 N–H and O–H groups in total. The standard InChI is InChI=1S/C32H37ClF5N5O2/c1-31(42-13-11-40(12-14-42)18-21-15-26(21)32(36,37)38)8-6-20(7-9-31)24-5-4-22(33)16-27(24)41-10-2-3-23(19-41)43-28(29(34)35)25(17-39-43)30(44)45/h4-8,16-17,21,23,26,29H,2-3,9-15,18-19H2,1H3,(H,44,45). The number of alkyl halides is 5. The first-order valence-electron chi connectivity index (χ1n) is 15.4. The summed E-state index contributed by atoms with van der Waals surface area (Å²) in [6, 6.07) is 5.24. The minimum absolute atomic E-state index is 0.222. The lowest BCUT2D eigenvalue weighted by molar-refractivity contribution is -0.151. The van der Waals surface area contributed by atoms with Crippen LogP contribution in [0.5, 0.6) is 0 Å². The van der Waals surface area contributed by atoms with Gasteiger partial charge in [0.15, 0.2) is 0 Å². The first-order valence-corrected chi connectivity index (χ1v) is 15.8. The van der Waals surface area contributed by atoms with Gasteiger partial charge in [0.1, 0.15) is 11.3 Å². The second kappa shape index (κ2) is 12.3. The number of aromatic carboxylic acids is 1. The molecule has 13 heteroatoms. The summed E-state index contributed by atoms with van der Waals surface area (Å²) in [6.07, 6.45) is 2.73. The van der Waals surface area contributed by atoms with Crippen LogP contribution in [0.2, 0.25) is 5.02 Å². The zero-order chi connectivity index (χ0) is 32.1. The molecule has 3 fully saturated rings. The molecule has 0 radical (unpaired) electrons. The number of halogens is 6. The Bertz CT molecular complexity index is 1480. The highest BCUT2D eigenvalue weighted by molar-refractivity contribution is 6.31. The van der Waals surface area contributed by atoms with Gasteiger partial charge in [0.2, 0.25) is 0 Å². The SMILES string of the molecule is CC1(N2CCN(CC3CC3C(F)(F)F)CC2)C=CC(c2ccc(Cl)cc2N2CCCC(n3ncc(C(=O)O)c3C(F)F)C2)=CC1. The molecule has 4 unspecified atom stereocenters. The quantitative estimate of drug-likeness (QED) is 0.312. The molecule has 6 rings (SSSR count). The van der Waals surface area contributed by atoms with E-state index in [0.29, 0.717) is 37.5 Å². The van der Waals surface area contributed by atoms with Gasteiger partial charge in [-0.25, -0.2) is 13.6 Å². The number of benzene rings is 1. The number of nitrogens with zero attached hydrogens (tertiary/aromatic N) is 5. The van der Waals surface area contributed by atoms with E-state index < -0.39 is 41.8 Å². The number of carboxylic acids is 1. The van der Waals surface area contributed by atoms with Gasteiger partial charge in [-0.3, -0.25) is 9.58 Å². The molecule has 1 saturated carbocycles. The van der Waals surface area contributed by atoms with Crippen LogP contribution in [0.1, 0.15) is 66.7 Å². The molecule has 4 aliphatic rings. The highest BCUT2D eigenvalue weighted by atomic mass is 35.5. The van der Waals surface area contributed by atoms with E-state index in [4.69, 9.17) is 11.6 Å². The summed E-state index contributed by atoms with van der Waals surface area (Å²) in [5.41, 5.74) is 1.59. The molecule has 45 heavy (non-hydrogen) atoms. The van der Waals surface area contributed by atoms with E-state index in [2.05, 4.69) is 45.0 Å². The third kappa shape index (κ3) is 6.64. The first-order chi connectivity index (χ1) is 21.3. The monoisotopic (exact) mass is 653 g/mol. The Labute approximate surface area is 263 Å². The van der Waals surface area contributed by atoms with Crippen LogP contribution in [0.15, 0.2) is 42.6 Å². The van der Waals surface area contributed by atoms with Crippen molar-refractivity contribution in [3.05, 3.63) is 64.5 Å². The van der Waals surface area contributed by atoms with E-state index in [1.54, 1.807) is 0 Å². The number of hydrogen-bond acceptors (Lipinski definition) is 5. The first kappa shape index (κ1) is 32.0. The van der Waals surface area contributed by atoms with Gasteiger partial charge < -0.3 is 14.9 Å². The van der Waals surface area contributed by atoms with Crippen molar-refractivity contribution in [1.82, 2.24) is 19.6 Å². The van der Waals surface area contributed by atoms with Gasteiger partial charge in [0, 0.05) is 67.6 Å². The van der Waals surface area contributed by atoms with Gasteiger partial charge in [-0.15, -0.1) is 0 Å². The zero-order valence-corrected chi connectivity index (χ0v) is 25.7. The Kier molecular flexibility index (Phi) is 8.77. The second-order valence-corrected chi connectivity index (χ2v) is 13.3. The Morgan fingerprint density at radius 2 is 1.93 bits per heavy atom. The second-order valence-electron chi connectivity index (χ2n) is 12.9. The van der Waals surface area contributed by atoms with Crippen molar-refractivity contribution in [3.8, 4) is 0 Å². The molecular formula is C32H37ClF5N5O2. The van der Waals surface area contributed by atoms with Gasteiger partial charge in [-0.1, -0.05) is 35.9 Å². The molecule has 0 amide bonds. The number of anilines is 1. The highest BCUT2D eigenvalue weighted by Gasteiger charge is 2.55. The van der Waals surface area contributed by atoms with Gasteiger partial charge in [0.25, 0.3) is 6.43 Å². The summed E-state index contributed by atoms with van der Waals surface area (Å²) in [6.45, 7) is 6.81. The van der Waals surface area contributed by atoms with Crippen LogP contribution < -0.4 is 4.90 Å². The zero-order valence-electron chi connectivity index (χ0n) is 25.0. The molecule has 7 nitrogen and oxygen atoms in total. The van der Waals surface area contributed by atoms with Gasteiger partial charge in [0.05, 0.1) is 18.2 Å². The fourth-order valence-corrected chi connectivity index (χ4v) is 7.37.